The van der Waals surface area contributed by atoms with Gasteiger partial charge in [0.05, 0.1) is 35.6 Å². The molecule has 2 aromatic rings. The lowest BCUT2D eigenvalue weighted by molar-refractivity contribution is -0.167. The zero-order valence-electron chi connectivity index (χ0n) is 35.6. The van der Waals surface area contributed by atoms with Crippen molar-refractivity contribution in [3.63, 3.8) is 0 Å². The van der Waals surface area contributed by atoms with Crippen molar-refractivity contribution in [3.8, 4) is 0 Å². The third-order valence-corrected chi connectivity index (χ3v) is 27.1. The first-order valence-corrected chi connectivity index (χ1v) is 28.2. The Morgan fingerprint density at radius 3 is 1.90 bits per heavy atom. The van der Waals surface area contributed by atoms with Crippen molar-refractivity contribution in [1.29, 1.82) is 0 Å². The molecule has 3 fully saturated rings. The van der Waals surface area contributed by atoms with Crippen molar-refractivity contribution in [2.75, 3.05) is 6.61 Å². The standard InChI is InChI=1S/C44H74O5Si3/c1-32(31-45-52(42(7,8)9,36-22-18-16-19-23-36)37-24-20-17-21-25-37)40-33(2)38(50(12,13)49-40)30-35-26-28-44(11,46-35)39-27-29-43(10,47-39)34(3)48-51(14,15)41(4,5)6/h16-25,32-35,38-40H,26-31H2,1-15H3/t32-,33+,34-,35+,38+,39-,40-,43+,44+/m1/s1. The Morgan fingerprint density at radius 2 is 1.38 bits per heavy atom. The first-order chi connectivity index (χ1) is 24.0. The van der Waals surface area contributed by atoms with E-state index in [-0.39, 0.29) is 51.6 Å². The summed E-state index contributed by atoms with van der Waals surface area (Å²) < 4.78 is 35.5. The number of hydrogen-bond acceptors (Lipinski definition) is 5. The van der Waals surface area contributed by atoms with Crippen molar-refractivity contribution < 1.29 is 22.8 Å². The molecule has 3 aliphatic rings. The lowest BCUT2D eigenvalue weighted by atomic mass is 9.88. The molecule has 8 heteroatoms. The van der Waals surface area contributed by atoms with E-state index in [2.05, 4.69) is 163 Å². The molecule has 0 aromatic heterocycles. The van der Waals surface area contributed by atoms with Gasteiger partial charge in [-0.25, -0.2) is 0 Å². The first-order valence-electron chi connectivity index (χ1n) is 20.4. The van der Waals surface area contributed by atoms with E-state index in [4.69, 9.17) is 22.8 Å². The maximum atomic E-state index is 7.42. The van der Waals surface area contributed by atoms with Gasteiger partial charge in [-0.15, -0.1) is 0 Å². The van der Waals surface area contributed by atoms with Crippen LogP contribution >= 0.6 is 0 Å². The van der Waals surface area contributed by atoms with Gasteiger partial charge in [0.2, 0.25) is 0 Å². The Hall–Kier alpha value is -1.11. The molecule has 5 rings (SSSR count). The quantitative estimate of drug-likeness (QED) is 0.201. The van der Waals surface area contributed by atoms with Crippen LogP contribution in [0.5, 0.6) is 0 Å². The summed E-state index contributed by atoms with van der Waals surface area (Å²) in [4.78, 5) is 0. The topological polar surface area (TPSA) is 46.2 Å². The highest BCUT2D eigenvalue weighted by molar-refractivity contribution is 6.99. The molecule has 0 unspecified atom stereocenters. The van der Waals surface area contributed by atoms with Crippen molar-refractivity contribution in [2.45, 2.75) is 186 Å². The Kier molecular flexibility index (Phi) is 12.2. The van der Waals surface area contributed by atoms with E-state index >= 15 is 0 Å². The van der Waals surface area contributed by atoms with Crippen LogP contribution in [-0.2, 0) is 22.8 Å². The van der Waals surface area contributed by atoms with Crippen LogP contribution in [0.4, 0.5) is 0 Å². The molecule has 5 nitrogen and oxygen atoms in total. The van der Waals surface area contributed by atoms with Crippen molar-refractivity contribution in [3.05, 3.63) is 60.7 Å². The molecule has 3 aliphatic heterocycles. The monoisotopic (exact) mass is 766 g/mol. The van der Waals surface area contributed by atoms with Crippen molar-refractivity contribution in [1.82, 2.24) is 0 Å². The summed E-state index contributed by atoms with van der Waals surface area (Å²) in [6.07, 6.45) is 5.83. The molecule has 0 spiro atoms. The number of ether oxygens (including phenoxy) is 2. The van der Waals surface area contributed by atoms with Gasteiger partial charge in [0.25, 0.3) is 8.32 Å². The fraction of sp³-hybridized carbons (Fsp3) is 0.727. The van der Waals surface area contributed by atoms with E-state index in [1.807, 2.05) is 0 Å². The minimum absolute atomic E-state index is 0.0448. The van der Waals surface area contributed by atoms with Gasteiger partial charge in [-0.3, -0.25) is 0 Å². The minimum Gasteiger partial charge on any atom is -0.414 e. The minimum atomic E-state index is -2.62. The molecule has 292 valence electrons. The number of benzene rings is 2. The van der Waals surface area contributed by atoms with Crippen molar-refractivity contribution >= 4 is 35.3 Å². The average molecular weight is 767 g/mol. The van der Waals surface area contributed by atoms with E-state index < -0.39 is 25.0 Å². The van der Waals surface area contributed by atoms with Crippen LogP contribution in [0.2, 0.25) is 41.8 Å². The summed E-state index contributed by atoms with van der Waals surface area (Å²) in [6.45, 7) is 35.9. The van der Waals surface area contributed by atoms with Crippen LogP contribution in [0.1, 0.15) is 108 Å². The lowest BCUT2D eigenvalue weighted by Crippen LogP contribution is -2.67. The van der Waals surface area contributed by atoms with Gasteiger partial charge in [-0.1, -0.05) is 116 Å². The van der Waals surface area contributed by atoms with Gasteiger partial charge in [0, 0.05) is 12.5 Å². The predicted octanol–water partition coefficient (Wildman–Crippen LogP) is 10.5. The second-order valence-corrected chi connectivity index (χ2v) is 33.7. The van der Waals surface area contributed by atoms with Crippen LogP contribution in [-0.4, -0.2) is 67.2 Å². The molecule has 3 saturated heterocycles. The summed E-state index contributed by atoms with van der Waals surface area (Å²) in [7, 11) is -6.51. The maximum absolute atomic E-state index is 7.42. The van der Waals surface area contributed by atoms with Gasteiger partial charge in [-0.2, -0.15) is 0 Å². The fourth-order valence-corrected chi connectivity index (χ4v) is 19.4. The van der Waals surface area contributed by atoms with E-state index in [9.17, 15) is 0 Å². The molecule has 3 heterocycles. The van der Waals surface area contributed by atoms with Crippen molar-refractivity contribution in [2.24, 2.45) is 11.8 Å². The Labute approximate surface area is 321 Å². The zero-order valence-corrected chi connectivity index (χ0v) is 38.6. The van der Waals surface area contributed by atoms with Gasteiger partial charge in [0.15, 0.2) is 16.6 Å². The molecule has 9 atom stereocenters. The third kappa shape index (κ3) is 8.21. The summed E-state index contributed by atoms with van der Waals surface area (Å²) in [5, 5.41) is 2.80. The van der Waals surface area contributed by atoms with Gasteiger partial charge < -0.3 is 22.8 Å². The molecule has 0 N–H and O–H groups in total. The third-order valence-electron chi connectivity index (χ3n) is 14.1. The average Bonchev–Trinajstić information content (AvgIpc) is 3.72. The highest BCUT2D eigenvalue weighted by Gasteiger charge is 2.56. The molecule has 0 saturated carbocycles. The summed E-state index contributed by atoms with van der Waals surface area (Å²) in [5.74, 6) is 0.734. The molecule has 0 aliphatic carbocycles. The maximum Gasteiger partial charge on any atom is 0.261 e. The molecule has 52 heavy (non-hydrogen) atoms. The van der Waals surface area contributed by atoms with Gasteiger partial charge >= 0.3 is 0 Å². The summed E-state index contributed by atoms with van der Waals surface area (Å²) >= 11 is 0. The van der Waals surface area contributed by atoms with Crippen LogP contribution < -0.4 is 10.4 Å². The summed E-state index contributed by atoms with van der Waals surface area (Å²) in [6, 6.07) is 22.0. The lowest BCUT2D eigenvalue weighted by Gasteiger charge is -2.44. The second-order valence-electron chi connectivity index (χ2n) is 20.4. The second kappa shape index (κ2) is 15.1. The van der Waals surface area contributed by atoms with E-state index in [1.165, 1.54) is 10.4 Å². The Balaban J connectivity index is 1.24. The van der Waals surface area contributed by atoms with Crippen LogP contribution in [0.15, 0.2) is 60.7 Å². The fourth-order valence-electron chi connectivity index (χ4n) is 9.62. The highest BCUT2D eigenvalue weighted by Crippen LogP contribution is 2.52. The SMILES string of the molecule is C[C@@H]1[C@@H]([C@H](C)CO[Si](c2ccccc2)(c2ccccc2)C(C)(C)C)O[Si](C)(C)[C@H]1C[C@@H]1CC[C@@](C)([C@H]2CC[C@@](C)([C@@H](C)O[Si](C)(C)C(C)(C)C)O2)O1. The molecular weight excluding hydrogens is 693 g/mol. The Bertz CT molecular complexity index is 1430. The normalized spacial score (nSPS) is 32.6. The first kappa shape index (κ1) is 42.0. The van der Waals surface area contributed by atoms with E-state index in [1.54, 1.807) is 0 Å². The smallest absolute Gasteiger partial charge is 0.261 e. The number of hydrogen-bond donors (Lipinski definition) is 0. The molecule has 0 radical (unpaired) electrons. The zero-order chi connectivity index (χ0) is 38.5. The van der Waals surface area contributed by atoms with E-state index in [0.717, 1.165) is 32.1 Å². The van der Waals surface area contributed by atoms with Gasteiger partial charge in [-0.05, 0) is 111 Å². The highest BCUT2D eigenvalue weighted by atomic mass is 28.4. The Morgan fingerprint density at radius 1 is 0.827 bits per heavy atom. The van der Waals surface area contributed by atoms with Crippen LogP contribution in [0, 0.1) is 11.8 Å². The predicted molar refractivity (Wildman–Crippen MR) is 225 cm³/mol. The van der Waals surface area contributed by atoms with E-state index in [0.29, 0.717) is 18.1 Å². The molecule has 2 aromatic carbocycles. The molecular formula is C44H74O5Si3. The number of rotatable bonds is 12. The van der Waals surface area contributed by atoms with Crippen LogP contribution in [0.25, 0.3) is 0 Å². The summed E-state index contributed by atoms with van der Waals surface area (Å²) in [5.41, 5.74) is -0.00943. The molecule has 0 amide bonds. The van der Waals surface area contributed by atoms with Gasteiger partial charge in [0.1, 0.15) is 0 Å². The largest absolute Gasteiger partial charge is 0.414 e. The molecule has 0 bridgehead atoms. The van der Waals surface area contributed by atoms with Crippen LogP contribution in [0.3, 0.4) is 0 Å².